The largest absolute Gasteiger partial charge is 0.395 e. The van der Waals surface area contributed by atoms with Crippen LogP contribution in [0.5, 0.6) is 0 Å². The first-order chi connectivity index (χ1) is 9.42. The first kappa shape index (κ1) is 16.7. The topological polar surface area (TPSA) is 48.4 Å². The van der Waals surface area contributed by atoms with Crippen molar-refractivity contribution in [1.82, 2.24) is 10.3 Å². The van der Waals surface area contributed by atoms with Crippen LogP contribution in [0.4, 0.5) is 5.82 Å². The number of anilines is 1. The van der Waals surface area contributed by atoms with E-state index >= 15 is 0 Å². The highest BCUT2D eigenvalue weighted by molar-refractivity contribution is 5.44. The molecule has 2 N–H and O–H groups in total. The summed E-state index contributed by atoms with van der Waals surface area (Å²) >= 11 is 0. The van der Waals surface area contributed by atoms with Crippen molar-refractivity contribution in [3.63, 3.8) is 0 Å². The summed E-state index contributed by atoms with van der Waals surface area (Å²) in [7, 11) is 1.94. The molecular weight excluding hydrogens is 250 g/mol. The highest BCUT2D eigenvalue weighted by atomic mass is 16.3. The molecule has 0 aliphatic heterocycles. The Bertz CT molecular complexity index is 438. The Kier molecular flexibility index (Phi) is 6.17. The summed E-state index contributed by atoms with van der Waals surface area (Å²) < 4.78 is 0. The molecule has 1 aromatic rings. The predicted octanol–water partition coefficient (Wildman–Crippen LogP) is 2.08. The van der Waals surface area contributed by atoms with Gasteiger partial charge in [-0.3, -0.25) is 0 Å². The van der Waals surface area contributed by atoms with Gasteiger partial charge in [0.1, 0.15) is 5.82 Å². The maximum absolute atomic E-state index is 9.21. The number of aliphatic hydroxyl groups is 1. The summed E-state index contributed by atoms with van der Waals surface area (Å²) in [6.45, 7) is 12.4. The van der Waals surface area contributed by atoms with E-state index in [1.54, 1.807) is 0 Å². The maximum Gasteiger partial charge on any atom is 0.129 e. The molecule has 0 unspecified atom stereocenters. The summed E-state index contributed by atoms with van der Waals surface area (Å²) in [4.78, 5) is 6.81. The standard InChI is InChI=1S/C16H27N3O/c1-6-7-19(8-9-20)15-11-13(12-17-5)10-14(18-15)16(2,3)4/h6,10-11,17,20H,1,7-9,12H2,2-5H3. The van der Waals surface area contributed by atoms with E-state index in [2.05, 4.69) is 44.8 Å². The number of hydrogen-bond donors (Lipinski definition) is 2. The Morgan fingerprint density at radius 1 is 1.40 bits per heavy atom. The van der Waals surface area contributed by atoms with Gasteiger partial charge in [-0.15, -0.1) is 6.58 Å². The highest BCUT2D eigenvalue weighted by Gasteiger charge is 2.18. The molecule has 1 heterocycles. The number of aromatic nitrogens is 1. The van der Waals surface area contributed by atoms with E-state index in [0.29, 0.717) is 13.1 Å². The van der Waals surface area contributed by atoms with Crippen LogP contribution in [0, 0.1) is 0 Å². The molecule has 1 rings (SSSR count). The van der Waals surface area contributed by atoms with Gasteiger partial charge in [0.15, 0.2) is 0 Å². The van der Waals surface area contributed by atoms with Gasteiger partial charge in [0, 0.05) is 30.7 Å². The molecule has 0 saturated heterocycles. The Hall–Kier alpha value is -1.39. The van der Waals surface area contributed by atoms with Crippen molar-refractivity contribution in [2.24, 2.45) is 0 Å². The van der Waals surface area contributed by atoms with Crippen LogP contribution in [0.2, 0.25) is 0 Å². The lowest BCUT2D eigenvalue weighted by Gasteiger charge is -2.26. The molecular formula is C16H27N3O. The molecule has 0 fully saturated rings. The molecule has 4 nitrogen and oxygen atoms in total. The fourth-order valence-electron chi connectivity index (χ4n) is 2.00. The van der Waals surface area contributed by atoms with Crippen LogP contribution in [0.3, 0.4) is 0 Å². The van der Waals surface area contributed by atoms with E-state index in [4.69, 9.17) is 4.98 Å². The summed E-state index contributed by atoms with van der Waals surface area (Å²) in [5.74, 6) is 0.900. The minimum atomic E-state index is -0.00242. The van der Waals surface area contributed by atoms with Crippen molar-refractivity contribution < 1.29 is 5.11 Å². The average Bonchev–Trinajstić information content (AvgIpc) is 2.37. The van der Waals surface area contributed by atoms with Gasteiger partial charge in [0.25, 0.3) is 0 Å². The van der Waals surface area contributed by atoms with Crippen LogP contribution in [0.25, 0.3) is 0 Å². The average molecular weight is 277 g/mol. The molecule has 0 aromatic carbocycles. The fraction of sp³-hybridized carbons (Fsp3) is 0.562. The first-order valence-electron chi connectivity index (χ1n) is 7.05. The van der Waals surface area contributed by atoms with Crippen LogP contribution < -0.4 is 10.2 Å². The zero-order chi connectivity index (χ0) is 15.2. The molecule has 0 aliphatic rings. The monoisotopic (exact) mass is 277 g/mol. The lowest BCUT2D eigenvalue weighted by atomic mass is 9.90. The molecule has 0 radical (unpaired) electrons. The Labute approximate surface area is 122 Å². The van der Waals surface area contributed by atoms with Gasteiger partial charge in [-0.1, -0.05) is 26.8 Å². The van der Waals surface area contributed by atoms with Gasteiger partial charge in [-0.25, -0.2) is 4.98 Å². The van der Waals surface area contributed by atoms with Crippen molar-refractivity contribution in [3.05, 3.63) is 36.0 Å². The smallest absolute Gasteiger partial charge is 0.129 e. The number of nitrogens with zero attached hydrogens (tertiary/aromatic N) is 2. The third kappa shape index (κ3) is 4.62. The predicted molar refractivity (Wildman–Crippen MR) is 85.2 cm³/mol. The van der Waals surface area contributed by atoms with Gasteiger partial charge >= 0.3 is 0 Å². The zero-order valence-corrected chi connectivity index (χ0v) is 13.1. The molecule has 1 aromatic heterocycles. The number of hydrogen-bond acceptors (Lipinski definition) is 4. The molecule has 0 bridgehead atoms. The van der Waals surface area contributed by atoms with Gasteiger partial charge < -0.3 is 15.3 Å². The molecule has 112 valence electrons. The second kappa shape index (κ2) is 7.41. The molecule has 20 heavy (non-hydrogen) atoms. The Balaban J connectivity index is 3.21. The number of aliphatic hydroxyl groups excluding tert-OH is 1. The van der Waals surface area contributed by atoms with Gasteiger partial charge in [0.05, 0.1) is 6.61 Å². The van der Waals surface area contributed by atoms with E-state index in [-0.39, 0.29) is 12.0 Å². The summed E-state index contributed by atoms with van der Waals surface area (Å²) in [6, 6.07) is 4.22. The fourth-order valence-corrected chi connectivity index (χ4v) is 2.00. The molecule has 0 aliphatic carbocycles. The molecule has 4 heteroatoms. The van der Waals surface area contributed by atoms with Crippen molar-refractivity contribution in [2.45, 2.75) is 32.7 Å². The van der Waals surface area contributed by atoms with Crippen LogP contribution in [-0.4, -0.2) is 36.8 Å². The minimum absolute atomic E-state index is 0.00242. The second-order valence-electron chi connectivity index (χ2n) is 5.96. The lowest BCUT2D eigenvalue weighted by Crippen LogP contribution is -2.29. The maximum atomic E-state index is 9.21. The van der Waals surface area contributed by atoms with E-state index < -0.39 is 0 Å². The van der Waals surface area contributed by atoms with E-state index in [1.807, 2.05) is 18.0 Å². The van der Waals surface area contributed by atoms with Crippen LogP contribution in [-0.2, 0) is 12.0 Å². The van der Waals surface area contributed by atoms with Crippen LogP contribution >= 0.6 is 0 Å². The Morgan fingerprint density at radius 3 is 2.60 bits per heavy atom. The lowest BCUT2D eigenvalue weighted by molar-refractivity contribution is 0.302. The second-order valence-corrected chi connectivity index (χ2v) is 5.96. The number of rotatable bonds is 7. The summed E-state index contributed by atoms with van der Waals surface area (Å²) in [6.07, 6.45) is 1.83. The van der Waals surface area contributed by atoms with Crippen LogP contribution in [0.1, 0.15) is 32.0 Å². The van der Waals surface area contributed by atoms with E-state index in [1.165, 1.54) is 5.56 Å². The normalized spacial score (nSPS) is 11.4. The molecule has 0 amide bonds. The van der Waals surface area contributed by atoms with Gasteiger partial charge in [-0.05, 0) is 24.7 Å². The zero-order valence-electron chi connectivity index (χ0n) is 13.1. The number of nitrogens with one attached hydrogen (secondary N) is 1. The van der Waals surface area contributed by atoms with Gasteiger partial charge in [0.2, 0.25) is 0 Å². The molecule has 0 atom stereocenters. The van der Waals surface area contributed by atoms with Gasteiger partial charge in [-0.2, -0.15) is 0 Å². The SMILES string of the molecule is C=CCN(CCO)c1cc(CNC)cc(C(C)(C)C)n1. The van der Waals surface area contributed by atoms with Crippen LogP contribution in [0.15, 0.2) is 24.8 Å². The van der Waals surface area contributed by atoms with E-state index in [0.717, 1.165) is 18.1 Å². The third-order valence-corrected chi connectivity index (χ3v) is 3.06. The summed E-state index contributed by atoms with van der Waals surface area (Å²) in [5.41, 5.74) is 2.26. The van der Waals surface area contributed by atoms with Crippen molar-refractivity contribution in [3.8, 4) is 0 Å². The van der Waals surface area contributed by atoms with Crippen molar-refractivity contribution in [2.75, 3.05) is 31.6 Å². The van der Waals surface area contributed by atoms with E-state index in [9.17, 15) is 5.11 Å². The summed E-state index contributed by atoms with van der Waals surface area (Å²) in [5, 5.41) is 12.4. The van der Waals surface area contributed by atoms with Crippen molar-refractivity contribution in [1.29, 1.82) is 0 Å². The Morgan fingerprint density at radius 2 is 2.10 bits per heavy atom. The quantitative estimate of drug-likeness (QED) is 0.749. The third-order valence-electron chi connectivity index (χ3n) is 3.06. The number of pyridine rings is 1. The highest BCUT2D eigenvalue weighted by Crippen LogP contribution is 2.25. The molecule has 0 spiro atoms. The van der Waals surface area contributed by atoms with Crippen molar-refractivity contribution >= 4 is 5.82 Å². The molecule has 0 saturated carbocycles. The first-order valence-corrected chi connectivity index (χ1v) is 7.05. The minimum Gasteiger partial charge on any atom is -0.395 e.